The molecule has 0 saturated heterocycles. The molecule has 0 saturated carbocycles. The summed E-state index contributed by atoms with van der Waals surface area (Å²) in [5.74, 6) is -0.460. The Morgan fingerprint density at radius 1 is 1.12 bits per heavy atom. The number of aromatic nitrogens is 2. The van der Waals surface area contributed by atoms with Crippen molar-refractivity contribution in [3.63, 3.8) is 0 Å². The van der Waals surface area contributed by atoms with Crippen LogP contribution in [0.1, 0.15) is 17.5 Å². The van der Waals surface area contributed by atoms with Crippen molar-refractivity contribution in [1.29, 1.82) is 0 Å². The Balaban J connectivity index is 0.00000264. The number of carbonyl (C=O) groups excluding carboxylic acids is 1. The van der Waals surface area contributed by atoms with Gasteiger partial charge < -0.3 is 10.5 Å². The topological polar surface area (TPSA) is 78.1 Å². The fourth-order valence-electron chi connectivity index (χ4n) is 1.85. The van der Waals surface area contributed by atoms with Crippen LogP contribution >= 0.6 is 48.0 Å². The van der Waals surface area contributed by atoms with Crippen LogP contribution in [0.5, 0.6) is 0 Å². The van der Waals surface area contributed by atoms with E-state index in [9.17, 15) is 4.79 Å². The minimum absolute atomic E-state index is 0. The average Bonchev–Trinajstić information content (AvgIpc) is 2.50. The molecular weight excluding hydrogens is 396 g/mol. The maximum Gasteiger partial charge on any atom is 0.323 e. The molecule has 9 heteroatoms. The second kappa shape index (κ2) is 11.4. The molecule has 0 amide bonds. The van der Waals surface area contributed by atoms with E-state index in [2.05, 4.69) is 9.97 Å². The lowest BCUT2D eigenvalue weighted by molar-refractivity contribution is -0.146. The third-order valence-electron chi connectivity index (χ3n) is 3.00. The Labute approximate surface area is 162 Å². The minimum Gasteiger partial charge on any atom is -0.460 e. The summed E-state index contributed by atoms with van der Waals surface area (Å²) < 4.78 is 5.17. The molecule has 0 unspecified atom stereocenters. The van der Waals surface area contributed by atoms with Gasteiger partial charge in [0, 0.05) is 12.4 Å². The van der Waals surface area contributed by atoms with E-state index in [0.717, 1.165) is 5.56 Å². The predicted molar refractivity (Wildman–Crippen MR) is 99.1 cm³/mol. The molecule has 5 nitrogen and oxygen atoms in total. The Hall–Kier alpha value is -1.11. The highest BCUT2D eigenvalue weighted by Gasteiger charge is 2.15. The Morgan fingerprint density at radius 2 is 1.71 bits per heavy atom. The number of aryl methyl sites for hydroxylation is 1. The number of nitrogens with zero attached hydrogens (tertiary/aromatic N) is 2. The molecule has 0 aliphatic carbocycles. The molecule has 0 radical (unpaired) electrons. The van der Waals surface area contributed by atoms with Crippen molar-refractivity contribution in [3.05, 3.63) is 58.1 Å². The highest BCUT2D eigenvalue weighted by molar-refractivity contribution is 6.32. The van der Waals surface area contributed by atoms with Gasteiger partial charge in [-0.25, -0.2) is 4.98 Å². The fourth-order valence-corrected chi connectivity index (χ4v) is 2.35. The van der Waals surface area contributed by atoms with Gasteiger partial charge in [-0.2, -0.15) is 0 Å². The molecule has 132 valence electrons. The number of halogens is 4. The fraction of sp³-hybridized carbons (Fsp3) is 0.267. The van der Waals surface area contributed by atoms with E-state index in [4.69, 9.17) is 33.7 Å². The molecule has 24 heavy (non-hydrogen) atoms. The van der Waals surface area contributed by atoms with Gasteiger partial charge in [-0.15, -0.1) is 24.8 Å². The Bertz CT molecular complexity index is 624. The smallest absolute Gasteiger partial charge is 0.323 e. The summed E-state index contributed by atoms with van der Waals surface area (Å²) in [7, 11) is 0. The zero-order valence-corrected chi connectivity index (χ0v) is 15.7. The highest BCUT2D eigenvalue weighted by Crippen LogP contribution is 2.15. The van der Waals surface area contributed by atoms with Gasteiger partial charge in [-0.05, 0) is 48.2 Å². The van der Waals surface area contributed by atoms with E-state index in [-0.39, 0.29) is 41.7 Å². The number of rotatable bonds is 6. The minimum atomic E-state index is -0.680. The SMILES string of the molecule is Cl.Cl.N[C@@H](CCc1ccncc1)C(=O)OCc1cc(Cl)nc(Cl)c1. The highest BCUT2D eigenvalue weighted by atomic mass is 35.5. The molecule has 0 aliphatic rings. The maximum absolute atomic E-state index is 11.9. The van der Waals surface area contributed by atoms with Crippen LogP contribution in [0.3, 0.4) is 0 Å². The van der Waals surface area contributed by atoms with Crippen molar-refractivity contribution in [2.75, 3.05) is 0 Å². The lowest BCUT2D eigenvalue weighted by Crippen LogP contribution is -2.32. The summed E-state index contributed by atoms with van der Waals surface area (Å²) >= 11 is 11.6. The molecule has 2 aromatic heterocycles. The van der Waals surface area contributed by atoms with Gasteiger partial charge >= 0.3 is 5.97 Å². The molecule has 0 bridgehead atoms. The lowest BCUT2D eigenvalue weighted by atomic mass is 10.1. The van der Waals surface area contributed by atoms with Crippen LogP contribution in [0, 0.1) is 0 Å². The van der Waals surface area contributed by atoms with E-state index in [0.29, 0.717) is 18.4 Å². The molecule has 0 spiro atoms. The van der Waals surface area contributed by atoms with Crippen molar-refractivity contribution in [3.8, 4) is 0 Å². The summed E-state index contributed by atoms with van der Waals surface area (Å²) in [5, 5.41) is 0.501. The standard InChI is InChI=1S/C15H15Cl2N3O2.2ClH/c16-13-7-11(8-14(17)20-13)9-22-15(21)12(18)2-1-10-3-5-19-6-4-10;;/h3-8,12H,1-2,9,18H2;2*1H/t12-;;/m0../s1. The molecular formula is C15H17Cl4N3O2. The second-order valence-corrected chi connectivity index (χ2v) is 5.50. The Kier molecular flexibility index (Phi) is 10.9. The van der Waals surface area contributed by atoms with Crippen LogP contribution in [0.15, 0.2) is 36.7 Å². The van der Waals surface area contributed by atoms with E-state index < -0.39 is 12.0 Å². The first-order valence-corrected chi connectivity index (χ1v) is 7.43. The van der Waals surface area contributed by atoms with Crippen LogP contribution in [-0.2, 0) is 22.6 Å². The number of ether oxygens (including phenoxy) is 1. The average molecular weight is 413 g/mol. The van der Waals surface area contributed by atoms with Crippen LogP contribution in [0.4, 0.5) is 0 Å². The van der Waals surface area contributed by atoms with Crippen molar-refractivity contribution < 1.29 is 9.53 Å². The number of pyridine rings is 2. The number of hydrogen-bond acceptors (Lipinski definition) is 5. The van der Waals surface area contributed by atoms with Crippen LogP contribution in [-0.4, -0.2) is 22.0 Å². The van der Waals surface area contributed by atoms with E-state index in [1.165, 1.54) is 0 Å². The first kappa shape index (κ1) is 22.9. The van der Waals surface area contributed by atoms with Gasteiger partial charge in [0.15, 0.2) is 0 Å². The van der Waals surface area contributed by atoms with Gasteiger partial charge in [-0.1, -0.05) is 23.2 Å². The zero-order chi connectivity index (χ0) is 15.9. The summed E-state index contributed by atoms with van der Waals surface area (Å²) in [4.78, 5) is 19.6. The van der Waals surface area contributed by atoms with Gasteiger partial charge in [0.05, 0.1) is 0 Å². The molecule has 0 aromatic carbocycles. The third-order valence-corrected chi connectivity index (χ3v) is 3.39. The van der Waals surface area contributed by atoms with Gasteiger partial charge in [0.25, 0.3) is 0 Å². The van der Waals surface area contributed by atoms with Crippen molar-refractivity contribution in [2.45, 2.75) is 25.5 Å². The molecule has 1 atom stereocenters. The largest absolute Gasteiger partial charge is 0.460 e. The number of esters is 1. The number of hydrogen-bond donors (Lipinski definition) is 1. The third kappa shape index (κ3) is 7.64. The van der Waals surface area contributed by atoms with Crippen LogP contribution in [0.2, 0.25) is 10.3 Å². The maximum atomic E-state index is 11.9. The predicted octanol–water partition coefficient (Wildman–Crippen LogP) is 3.63. The molecule has 2 aromatic rings. The van der Waals surface area contributed by atoms with Gasteiger partial charge in [-0.3, -0.25) is 9.78 Å². The quantitative estimate of drug-likeness (QED) is 0.578. The molecule has 2 rings (SSSR count). The zero-order valence-electron chi connectivity index (χ0n) is 12.5. The number of carbonyl (C=O) groups is 1. The Morgan fingerprint density at radius 3 is 2.29 bits per heavy atom. The lowest BCUT2D eigenvalue weighted by Gasteiger charge is -2.11. The van der Waals surface area contributed by atoms with Gasteiger partial charge in [0.2, 0.25) is 0 Å². The van der Waals surface area contributed by atoms with E-state index >= 15 is 0 Å². The molecule has 2 heterocycles. The van der Waals surface area contributed by atoms with E-state index in [1.54, 1.807) is 24.5 Å². The second-order valence-electron chi connectivity index (χ2n) is 4.73. The molecule has 2 N–H and O–H groups in total. The molecule has 0 aliphatic heterocycles. The van der Waals surface area contributed by atoms with Crippen molar-refractivity contribution in [1.82, 2.24) is 9.97 Å². The normalized spacial score (nSPS) is 11.0. The summed E-state index contributed by atoms with van der Waals surface area (Å²) in [6, 6.07) is 6.27. The van der Waals surface area contributed by atoms with E-state index in [1.807, 2.05) is 12.1 Å². The van der Waals surface area contributed by atoms with Crippen molar-refractivity contribution in [2.24, 2.45) is 5.73 Å². The van der Waals surface area contributed by atoms with Crippen molar-refractivity contribution >= 4 is 54.0 Å². The van der Waals surface area contributed by atoms with Crippen LogP contribution in [0.25, 0.3) is 0 Å². The number of nitrogens with two attached hydrogens (primary N) is 1. The summed E-state index contributed by atoms with van der Waals surface area (Å²) in [5.41, 5.74) is 7.58. The summed E-state index contributed by atoms with van der Waals surface area (Å²) in [6.07, 6.45) is 4.60. The molecule has 0 fully saturated rings. The monoisotopic (exact) mass is 411 g/mol. The summed E-state index contributed by atoms with van der Waals surface area (Å²) in [6.45, 7) is 0.0593. The first-order valence-electron chi connectivity index (χ1n) is 6.67. The van der Waals surface area contributed by atoms with Gasteiger partial charge in [0.1, 0.15) is 23.0 Å². The first-order chi connectivity index (χ1) is 10.5. The van der Waals surface area contributed by atoms with Crippen LogP contribution < -0.4 is 5.73 Å².